The topological polar surface area (TPSA) is 38.3 Å². The van der Waals surface area contributed by atoms with Crippen molar-refractivity contribution in [3.63, 3.8) is 0 Å². The molecule has 1 unspecified atom stereocenters. The van der Waals surface area contributed by atoms with E-state index in [9.17, 15) is 4.79 Å². The lowest BCUT2D eigenvalue weighted by Crippen LogP contribution is -2.36. The zero-order chi connectivity index (χ0) is 15.9. The maximum absolute atomic E-state index is 12.0. The van der Waals surface area contributed by atoms with Crippen LogP contribution in [0.4, 0.5) is 4.79 Å². The van der Waals surface area contributed by atoms with Gasteiger partial charge < -0.3 is 10.1 Å². The largest absolute Gasteiger partial charge is 0.412 e. The van der Waals surface area contributed by atoms with E-state index in [0.717, 1.165) is 12.0 Å². The van der Waals surface area contributed by atoms with Gasteiger partial charge >= 0.3 is 6.09 Å². The van der Waals surface area contributed by atoms with Gasteiger partial charge in [0.05, 0.1) is 0 Å². The molecule has 22 heavy (non-hydrogen) atoms. The molecule has 1 N–H and O–H groups in total. The van der Waals surface area contributed by atoms with Gasteiger partial charge in [0.1, 0.15) is 5.75 Å². The zero-order valence-electron chi connectivity index (χ0n) is 13.4. The highest BCUT2D eigenvalue weighted by molar-refractivity contribution is 5.70. The smallest absolute Gasteiger partial charge is 0.410 e. The van der Waals surface area contributed by atoms with E-state index in [-0.39, 0.29) is 6.04 Å². The second-order valence-electron chi connectivity index (χ2n) is 5.85. The van der Waals surface area contributed by atoms with Crippen molar-refractivity contribution < 1.29 is 9.53 Å². The van der Waals surface area contributed by atoms with Crippen molar-refractivity contribution >= 4 is 6.09 Å². The van der Waals surface area contributed by atoms with E-state index >= 15 is 0 Å². The summed E-state index contributed by atoms with van der Waals surface area (Å²) in [6.07, 6.45) is 0.367. The number of amides is 1. The zero-order valence-corrected chi connectivity index (χ0v) is 13.4. The van der Waals surface area contributed by atoms with Crippen molar-refractivity contribution in [2.24, 2.45) is 0 Å². The van der Waals surface area contributed by atoms with Crippen LogP contribution in [0.15, 0.2) is 54.6 Å². The Bertz CT molecular complexity index is 608. The number of nitrogens with one attached hydrogen (secondary N) is 1. The molecule has 0 saturated carbocycles. The number of carbonyl (C=O) groups excluding carboxylic acids is 1. The molecule has 3 nitrogen and oxygen atoms in total. The number of hydrogen-bond acceptors (Lipinski definition) is 2. The Morgan fingerprint density at radius 1 is 1.05 bits per heavy atom. The van der Waals surface area contributed by atoms with E-state index in [0.29, 0.717) is 11.7 Å². The number of benzene rings is 2. The lowest BCUT2D eigenvalue weighted by molar-refractivity contribution is 0.197. The molecule has 2 aromatic rings. The molecule has 0 heterocycles. The van der Waals surface area contributed by atoms with Gasteiger partial charge in [-0.15, -0.1) is 0 Å². The van der Waals surface area contributed by atoms with E-state index in [2.05, 4.69) is 31.3 Å². The van der Waals surface area contributed by atoms with E-state index < -0.39 is 6.09 Å². The first-order chi connectivity index (χ1) is 10.5. The van der Waals surface area contributed by atoms with Gasteiger partial charge in [-0.2, -0.15) is 0 Å². The van der Waals surface area contributed by atoms with Crippen LogP contribution in [0.2, 0.25) is 0 Å². The van der Waals surface area contributed by atoms with Gasteiger partial charge in [0.25, 0.3) is 0 Å². The number of hydrogen-bond donors (Lipinski definition) is 1. The summed E-state index contributed by atoms with van der Waals surface area (Å²) in [5, 5.41) is 2.86. The summed E-state index contributed by atoms with van der Waals surface area (Å²) < 4.78 is 5.36. The molecule has 0 aliphatic heterocycles. The minimum Gasteiger partial charge on any atom is -0.410 e. The van der Waals surface area contributed by atoms with Crippen molar-refractivity contribution in [2.75, 3.05) is 0 Å². The van der Waals surface area contributed by atoms with Gasteiger partial charge in [-0.3, -0.25) is 0 Å². The van der Waals surface area contributed by atoms with Crippen LogP contribution < -0.4 is 10.1 Å². The molecule has 1 amide bonds. The van der Waals surface area contributed by atoms with E-state index in [1.807, 2.05) is 43.3 Å². The molecule has 3 heteroatoms. The highest BCUT2D eigenvalue weighted by atomic mass is 16.6. The minimum atomic E-state index is -0.413. The molecule has 0 aromatic heterocycles. The highest BCUT2D eigenvalue weighted by Gasteiger charge is 2.10. The van der Waals surface area contributed by atoms with Crippen LogP contribution in [0.5, 0.6) is 5.75 Å². The first-order valence-electron chi connectivity index (χ1n) is 7.67. The molecule has 0 aliphatic carbocycles. The standard InChI is InChI=1S/C19H23NO2/c1-14(2)17-10-7-11-18(13-17)22-19(21)20-15(3)12-16-8-5-4-6-9-16/h4-11,13-15H,12H2,1-3H3,(H,20,21). The lowest BCUT2D eigenvalue weighted by Gasteiger charge is -2.14. The maximum Gasteiger partial charge on any atom is 0.412 e. The Morgan fingerprint density at radius 3 is 2.45 bits per heavy atom. The SMILES string of the molecule is CC(Cc1ccccc1)NC(=O)Oc1cccc(C(C)C)c1. The third kappa shape index (κ3) is 4.92. The third-order valence-corrected chi connectivity index (χ3v) is 3.48. The van der Waals surface area contributed by atoms with Crippen molar-refractivity contribution in [3.05, 3.63) is 65.7 Å². The average Bonchev–Trinajstić information content (AvgIpc) is 2.48. The fourth-order valence-electron chi connectivity index (χ4n) is 2.29. The molecule has 0 bridgehead atoms. The number of carbonyl (C=O) groups is 1. The van der Waals surface area contributed by atoms with E-state index in [1.165, 1.54) is 5.56 Å². The first-order valence-corrected chi connectivity index (χ1v) is 7.67. The Labute approximate surface area is 132 Å². The van der Waals surface area contributed by atoms with Gasteiger partial charge in [0, 0.05) is 6.04 Å². The van der Waals surface area contributed by atoms with Crippen LogP contribution in [0.1, 0.15) is 37.8 Å². The molecule has 2 aromatic carbocycles. The second-order valence-corrected chi connectivity index (χ2v) is 5.85. The predicted octanol–water partition coefficient (Wildman–Crippen LogP) is 4.53. The lowest BCUT2D eigenvalue weighted by atomic mass is 10.0. The fraction of sp³-hybridized carbons (Fsp3) is 0.316. The van der Waals surface area contributed by atoms with E-state index in [1.54, 1.807) is 6.07 Å². The molecular weight excluding hydrogens is 274 g/mol. The van der Waals surface area contributed by atoms with Crippen LogP contribution in [-0.4, -0.2) is 12.1 Å². The first kappa shape index (κ1) is 16.1. The molecule has 1 atom stereocenters. The Balaban J connectivity index is 1.88. The van der Waals surface area contributed by atoms with Gasteiger partial charge in [-0.1, -0.05) is 56.3 Å². The third-order valence-electron chi connectivity index (χ3n) is 3.48. The summed E-state index contributed by atoms with van der Waals surface area (Å²) in [6.45, 7) is 6.20. The van der Waals surface area contributed by atoms with Crippen molar-refractivity contribution in [1.82, 2.24) is 5.32 Å². The van der Waals surface area contributed by atoms with Gasteiger partial charge in [0.2, 0.25) is 0 Å². The van der Waals surface area contributed by atoms with Crippen LogP contribution in [-0.2, 0) is 6.42 Å². The highest BCUT2D eigenvalue weighted by Crippen LogP contribution is 2.20. The Morgan fingerprint density at radius 2 is 1.77 bits per heavy atom. The summed E-state index contributed by atoms with van der Waals surface area (Å²) in [5.41, 5.74) is 2.35. The molecule has 0 radical (unpaired) electrons. The summed E-state index contributed by atoms with van der Waals surface area (Å²) in [5.74, 6) is 0.985. The number of rotatable bonds is 5. The summed E-state index contributed by atoms with van der Waals surface area (Å²) in [7, 11) is 0. The molecule has 116 valence electrons. The predicted molar refractivity (Wildman–Crippen MR) is 89.3 cm³/mol. The van der Waals surface area contributed by atoms with Crippen molar-refractivity contribution in [1.29, 1.82) is 0 Å². The maximum atomic E-state index is 12.0. The Hall–Kier alpha value is -2.29. The van der Waals surface area contributed by atoms with Gasteiger partial charge in [-0.05, 0) is 42.5 Å². The minimum absolute atomic E-state index is 0.0168. The van der Waals surface area contributed by atoms with Crippen LogP contribution in [0.3, 0.4) is 0 Å². The molecule has 0 spiro atoms. The average molecular weight is 297 g/mol. The van der Waals surface area contributed by atoms with Crippen LogP contribution in [0, 0.1) is 0 Å². The molecule has 0 fully saturated rings. The molecule has 0 aliphatic rings. The van der Waals surface area contributed by atoms with Gasteiger partial charge in [0.15, 0.2) is 0 Å². The van der Waals surface area contributed by atoms with E-state index in [4.69, 9.17) is 4.74 Å². The normalized spacial score (nSPS) is 12.0. The van der Waals surface area contributed by atoms with Crippen LogP contribution in [0.25, 0.3) is 0 Å². The van der Waals surface area contributed by atoms with Crippen LogP contribution >= 0.6 is 0 Å². The fourth-order valence-corrected chi connectivity index (χ4v) is 2.29. The van der Waals surface area contributed by atoms with Gasteiger partial charge in [-0.25, -0.2) is 4.79 Å². The second kappa shape index (κ2) is 7.64. The molecule has 0 saturated heterocycles. The number of ether oxygens (including phenoxy) is 1. The van der Waals surface area contributed by atoms with Crippen molar-refractivity contribution in [2.45, 2.75) is 39.2 Å². The summed E-state index contributed by atoms with van der Waals surface area (Å²) in [6, 6.07) is 17.7. The monoisotopic (exact) mass is 297 g/mol. The molecule has 2 rings (SSSR count). The Kier molecular flexibility index (Phi) is 5.59. The van der Waals surface area contributed by atoms with Crippen molar-refractivity contribution in [3.8, 4) is 5.75 Å². The summed E-state index contributed by atoms with van der Waals surface area (Å²) >= 11 is 0. The summed E-state index contributed by atoms with van der Waals surface area (Å²) in [4.78, 5) is 12.0. The molecular formula is C19H23NO2. The quantitative estimate of drug-likeness (QED) is 0.880.